The zero-order valence-electron chi connectivity index (χ0n) is 13.0. The summed E-state index contributed by atoms with van der Waals surface area (Å²) in [6, 6.07) is 12.4. The maximum atomic E-state index is 11.9. The Hall–Kier alpha value is -2.45. The molecule has 0 unspecified atom stereocenters. The fraction of sp³-hybridized carbons (Fsp3) is 0.250. The Morgan fingerprint density at radius 2 is 1.92 bits per heavy atom. The van der Waals surface area contributed by atoms with E-state index in [1.54, 1.807) is 48.8 Å². The van der Waals surface area contributed by atoms with Gasteiger partial charge in [0.1, 0.15) is 5.75 Å². The summed E-state index contributed by atoms with van der Waals surface area (Å²) in [7, 11) is -3.48. The molecule has 0 spiro atoms. The molecule has 0 aliphatic heterocycles. The average molecular weight is 349 g/mol. The van der Waals surface area contributed by atoms with E-state index in [0.29, 0.717) is 5.75 Å². The highest BCUT2D eigenvalue weighted by atomic mass is 32.2. The van der Waals surface area contributed by atoms with Gasteiger partial charge in [-0.15, -0.1) is 0 Å². The quantitative estimate of drug-likeness (QED) is 0.694. The number of para-hydroxylation sites is 1. The maximum absolute atomic E-state index is 11.9. The monoisotopic (exact) mass is 349 g/mol. The molecule has 2 rings (SSSR count). The molecule has 0 atom stereocenters. The van der Waals surface area contributed by atoms with Gasteiger partial charge in [-0.3, -0.25) is 9.78 Å². The van der Waals surface area contributed by atoms with Gasteiger partial charge in [-0.1, -0.05) is 24.3 Å². The fourth-order valence-electron chi connectivity index (χ4n) is 1.81. The van der Waals surface area contributed by atoms with E-state index >= 15 is 0 Å². The zero-order valence-corrected chi connectivity index (χ0v) is 13.8. The molecule has 1 heterocycles. The molecule has 1 amide bonds. The number of aromatic nitrogens is 1. The first-order valence-corrected chi connectivity index (χ1v) is 9.01. The number of pyridine rings is 1. The number of nitrogens with one attached hydrogen (secondary N) is 2. The van der Waals surface area contributed by atoms with Crippen molar-refractivity contribution in [3.63, 3.8) is 0 Å². The standard InChI is InChI=1S/C16H19N3O4S/c20-16(13-23-15-6-2-1-3-7-15)18-9-10-24(21,22)19-12-14-5-4-8-17-11-14/h1-8,11,19H,9-10,12-13H2,(H,18,20). The maximum Gasteiger partial charge on any atom is 0.257 e. The number of carbonyl (C=O) groups is 1. The van der Waals surface area contributed by atoms with Crippen LogP contribution in [0.1, 0.15) is 5.56 Å². The van der Waals surface area contributed by atoms with Gasteiger partial charge in [-0.05, 0) is 23.8 Å². The van der Waals surface area contributed by atoms with Crippen LogP contribution < -0.4 is 14.8 Å². The van der Waals surface area contributed by atoms with Crippen LogP contribution in [0.15, 0.2) is 54.9 Å². The van der Waals surface area contributed by atoms with E-state index in [-0.39, 0.29) is 31.4 Å². The van der Waals surface area contributed by atoms with Crippen molar-refractivity contribution in [3.8, 4) is 5.75 Å². The summed E-state index contributed by atoms with van der Waals surface area (Å²) >= 11 is 0. The van der Waals surface area contributed by atoms with Gasteiger partial charge in [0.05, 0.1) is 5.75 Å². The van der Waals surface area contributed by atoms with E-state index in [1.807, 2.05) is 6.07 Å². The lowest BCUT2D eigenvalue weighted by Gasteiger charge is -2.09. The van der Waals surface area contributed by atoms with Crippen LogP contribution >= 0.6 is 0 Å². The summed E-state index contributed by atoms with van der Waals surface area (Å²) in [5.41, 5.74) is 0.765. The number of nitrogens with zero attached hydrogens (tertiary/aromatic N) is 1. The molecule has 0 radical (unpaired) electrons. The number of rotatable bonds is 9. The van der Waals surface area contributed by atoms with Crippen LogP contribution in [-0.4, -0.2) is 38.2 Å². The van der Waals surface area contributed by atoms with E-state index in [4.69, 9.17) is 4.74 Å². The van der Waals surface area contributed by atoms with Crippen molar-refractivity contribution in [3.05, 3.63) is 60.4 Å². The molecule has 24 heavy (non-hydrogen) atoms. The minimum absolute atomic E-state index is 0.0133. The first kappa shape index (κ1) is 17.9. The van der Waals surface area contributed by atoms with Crippen molar-refractivity contribution in [1.82, 2.24) is 15.0 Å². The Balaban J connectivity index is 1.65. The van der Waals surface area contributed by atoms with Gasteiger partial charge in [-0.2, -0.15) is 0 Å². The normalized spacial score (nSPS) is 11.0. The van der Waals surface area contributed by atoms with Crippen LogP contribution in [0.2, 0.25) is 0 Å². The molecule has 8 heteroatoms. The zero-order chi connectivity index (χ0) is 17.3. The lowest BCUT2D eigenvalue weighted by Crippen LogP contribution is -2.36. The third-order valence-corrected chi connectivity index (χ3v) is 4.35. The van der Waals surface area contributed by atoms with Gasteiger partial charge in [0.25, 0.3) is 5.91 Å². The summed E-state index contributed by atoms with van der Waals surface area (Å²) in [6.45, 7) is 0.0216. The second-order valence-electron chi connectivity index (χ2n) is 4.95. The Bertz CT molecular complexity index is 736. The molecule has 2 N–H and O–H groups in total. The van der Waals surface area contributed by atoms with Gasteiger partial charge >= 0.3 is 0 Å². The lowest BCUT2D eigenvalue weighted by molar-refractivity contribution is -0.122. The molecule has 0 aliphatic rings. The fourth-order valence-corrected chi connectivity index (χ4v) is 2.71. The molecule has 1 aromatic carbocycles. The number of amides is 1. The topological polar surface area (TPSA) is 97.4 Å². The molecule has 0 aliphatic carbocycles. The third kappa shape index (κ3) is 6.76. The minimum atomic E-state index is -3.48. The van der Waals surface area contributed by atoms with E-state index in [9.17, 15) is 13.2 Å². The molecule has 0 saturated carbocycles. The Labute approximate surface area is 141 Å². The largest absolute Gasteiger partial charge is 0.484 e. The Morgan fingerprint density at radius 3 is 2.62 bits per heavy atom. The van der Waals surface area contributed by atoms with E-state index < -0.39 is 10.0 Å². The van der Waals surface area contributed by atoms with Crippen molar-refractivity contribution in [2.45, 2.75) is 6.54 Å². The van der Waals surface area contributed by atoms with Crippen LogP contribution in [0, 0.1) is 0 Å². The lowest BCUT2D eigenvalue weighted by atomic mass is 10.3. The molecule has 0 fully saturated rings. The van der Waals surface area contributed by atoms with Crippen LogP contribution in [-0.2, 0) is 21.4 Å². The molecule has 0 saturated heterocycles. The van der Waals surface area contributed by atoms with Crippen molar-refractivity contribution in [2.75, 3.05) is 18.9 Å². The van der Waals surface area contributed by atoms with Crippen molar-refractivity contribution < 1.29 is 17.9 Å². The highest BCUT2D eigenvalue weighted by Gasteiger charge is 2.11. The summed E-state index contributed by atoms with van der Waals surface area (Å²) in [4.78, 5) is 15.5. The number of sulfonamides is 1. The summed E-state index contributed by atoms with van der Waals surface area (Å²) in [5, 5.41) is 2.51. The summed E-state index contributed by atoms with van der Waals surface area (Å²) in [6.07, 6.45) is 3.20. The highest BCUT2D eigenvalue weighted by Crippen LogP contribution is 2.07. The molecule has 1 aromatic heterocycles. The van der Waals surface area contributed by atoms with Crippen LogP contribution in [0.5, 0.6) is 5.75 Å². The summed E-state index contributed by atoms with van der Waals surface area (Å²) < 4.78 is 31.4. The van der Waals surface area contributed by atoms with Crippen molar-refractivity contribution in [2.24, 2.45) is 0 Å². The van der Waals surface area contributed by atoms with Gasteiger partial charge in [-0.25, -0.2) is 13.1 Å². The van der Waals surface area contributed by atoms with Crippen LogP contribution in [0.4, 0.5) is 0 Å². The van der Waals surface area contributed by atoms with E-state index in [1.165, 1.54) is 0 Å². The van der Waals surface area contributed by atoms with Crippen LogP contribution in [0.25, 0.3) is 0 Å². The third-order valence-electron chi connectivity index (χ3n) is 3.03. The smallest absolute Gasteiger partial charge is 0.257 e. The second-order valence-corrected chi connectivity index (χ2v) is 6.88. The molecule has 2 aromatic rings. The average Bonchev–Trinajstić information content (AvgIpc) is 2.60. The number of hydrogen-bond acceptors (Lipinski definition) is 5. The molecule has 128 valence electrons. The minimum Gasteiger partial charge on any atom is -0.484 e. The predicted octanol–water partition coefficient (Wildman–Crippen LogP) is 0.696. The first-order valence-electron chi connectivity index (χ1n) is 7.36. The van der Waals surface area contributed by atoms with Gasteiger partial charge in [0.15, 0.2) is 6.61 Å². The molecular weight excluding hydrogens is 330 g/mol. The SMILES string of the molecule is O=C(COc1ccccc1)NCCS(=O)(=O)NCc1cccnc1. The van der Waals surface area contributed by atoms with E-state index in [2.05, 4.69) is 15.0 Å². The van der Waals surface area contributed by atoms with Gasteiger partial charge in [0.2, 0.25) is 10.0 Å². The second kappa shape index (κ2) is 8.99. The summed E-state index contributed by atoms with van der Waals surface area (Å²) in [5.74, 6) is 0.00405. The number of carbonyl (C=O) groups excluding carboxylic acids is 1. The predicted molar refractivity (Wildman–Crippen MR) is 89.8 cm³/mol. The molecular formula is C16H19N3O4S. The number of hydrogen-bond donors (Lipinski definition) is 2. The Kier molecular flexibility index (Phi) is 6.71. The van der Waals surface area contributed by atoms with Gasteiger partial charge < -0.3 is 10.1 Å². The van der Waals surface area contributed by atoms with Crippen molar-refractivity contribution in [1.29, 1.82) is 0 Å². The van der Waals surface area contributed by atoms with Crippen molar-refractivity contribution >= 4 is 15.9 Å². The molecule has 0 bridgehead atoms. The number of ether oxygens (including phenoxy) is 1. The van der Waals surface area contributed by atoms with Crippen LogP contribution in [0.3, 0.4) is 0 Å². The van der Waals surface area contributed by atoms with E-state index in [0.717, 1.165) is 5.56 Å². The first-order chi connectivity index (χ1) is 11.6. The highest BCUT2D eigenvalue weighted by molar-refractivity contribution is 7.89. The molecule has 7 nitrogen and oxygen atoms in total. The number of benzene rings is 1. The van der Waals surface area contributed by atoms with Gasteiger partial charge in [0, 0.05) is 25.5 Å². The Morgan fingerprint density at radius 1 is 1.12 bits per heavy atom.